The van der Waals surface area contributed by atoms with Crippen LogP contribution in [0.25, 0.3) is 0 Å². The van der Waals surface area contributed by atoms with Crippen LogP contribution in [0.2, 0.25) is 0 Å². The van der Waals surface area contributed by atoms with Crippen LogP contribution >= 0.6 is 0 Å². The van der Waals surface area contributed by atoms with Gasteiger partial charge in [0.2, 0.25) is 0 Å². The number of hydrogen-bond donors (Lipinski definition) is 0. The van der Waals surface area contributed by atoms with Gasteiger partial charge in [-0.05, 0) is 29.7 Å². The van der Waals surface area contributed by atoms with E-state index in [1.807, 2.05) is 31.2 Å². The Hall–Kier alpha value is -1.96. The molecule has 0 radical (unpaired) electrons. The first-order chi connectivity index (χ1) is 8.69. The number of ketones is 1. The number of halogens is 1. The zero-order chi connectivity index (χ0) is 13.0. The number of carbonyl (C=O) groups excluding carboxylic acids is 1. The van der Waals surface area contributed by atoms with Crippen LogP contribution in [0, 0.1) is 5.82 Å². The molecule has 0 unspecified atom stereocenters. The molecule has 92 valence electrons. The van der Waals surface area contributed by atoms with Crippen molar-refractivity contribution in [1.82, 2.24) is 0 Å². The summed E-state index contributed by atoms with van der Waals surface area (Å²) in [6.45, 7) is 1.86. The predicted octanol–water partition coefficient (Wildman–Crippen LogP) is 4.01. The highest BCUT2D eigenvalue weighted by Crippen LogP contribution is 2.12. The third-order valence-corrected chi connectivity index (χ3v) is 2.92. The van der Waals surface area contributed by atoms with Gasteiger partial charge < -0.3 is 0 Å². The maximum absolute atomic E-state index is 12.8. The average Bonchev–Trinajstić information content (AvgIpc) is 2.41. The molecular formula is C16H15FO. The summed E-state index contributed by atoms with van der Waals surface area (Å²) >= 11 is 0. The smallest absolute Gasteiger partial charge is 0.162 e. The number of Topliss-reactive ketones (excluding diaryl/α,β-unsaturated/α-hetero) is 1. The van der Waals surface area contributed by atoms with Gasteiger partial charge in [0.15, 0.2) is 5.78 Å². The van der Waals surface area contributed by atoms with E-state index in [4.69, 9.17) is 0 Å². The highest BCUT2D eigenvalue weighted by molar-refractivity contribution is 5.95. The number of benzene rings is 2. The van der Waals surface area contributed by atoms with E-state index in [9.17, 15) is 9.18 Å². The molecule has 0 saturated carbocycles. The van der Waals surface area contributed by atoms with Crippen LogP contribution in [-0.4, -0.2) is 5.78 Å². The van der Waals surface area contributed by atoms with Gasteiger partial charge in [0.1, 0.15) is 5.82 Å². The summed E-state index contributed by atoms with van der Waals surface area (Å²) in [4.78, 5) is 11.5. The zero-order valence-electron chi connectivity index (χ0n) is 10.3. The summed E-state index contributed by atoms with van der Waals surface area (Å²) in [5, 5.41) is 0. The predicted molar refractivity (Wildman–Crippen MR) is 70.3 cm³/mol. The van der Waals surface area contributed by atoms with E-state index in [0.29, 0.717) is 6.42 Å². The standard InChI is InChI=1S/C16H15FO/c1-2-16(18)14-7-3-12(4-8-14)11-13-5-9-15(17)10-6-13/h3-10H,2,11H2,1H3. The minimum Gasteiger partial charge on any atom is -0.294 e. The summed E-state index contributed by atoms with van der Waals surface area (Å²) < 4.78 is 12.8. The summed E-state index contributed by atoms with van der Waals surface area (Å²) in [6, 6.07) is 14.1. The van der Waals surface area contributed by atoms with Gasteiger partial charge >= 0.3 is 0 Å². The Morgan fingerprint density at radius 1 is 0.944 bits per heavy atom. The first-order valence-electron chi connectivity index (χ1n) is 6.05. The average molecular weight is 242 g/mol. The number of rotatable bonds is 4. The lowest BCUT2D eigenvalue weighted by Gasteiger charge is -2.03. The maximum Gasteiger partial charge on any atom is 0.162 e. The Balaban J connectivity index is 2.10. The molecule has 0 fully saturated rings. The van der Waals surface area contributed by atoms with Crippen molar-refractivity contribution < 1.29 is 9.18 Å². The van der Waals surface area contributed by atoms with E-state index in [-0.39, 0.29) is 11.6 Å². The topological polar surface area (TPSA) is 17.1 Å². The lowest BCUT2D eigenvalue weighted by molar-refractivity contribution is 0.0988. The summed E-state index contributed by atoms with van der Waals surface area (Å²) in [6.07, 6.45) is 1.28. The van der Waals surface area contributed by atoms with E-state index in [1.54, 1.807) is 12.1 Å². The maximum atomic E-state index is 12.8. The van der Waals surface area contributed by atoms with Gasteiger partial charge in [-0.1, -0.05) is 43.3 Å². The highest BCUT2D eigenvalue weighted by atomic mass is 19.1. The second-order valence-electron chi connectivity index (χ2n) is 4.28. The molecule has 0 atom stereocenters. The van der Waals surface area contributed by atoms with Gasteiger partial charge in [-0.3, -0.25) is 4.79 Å². The fourth-order valence-electron chi connectivity index (χ4n) is 1.85. The molecule has 18 heavy (non-hydrogen) atoms. The molecule has 0 heterocycles. The molecule has 2 heteroatoms. The van der Waals surface area contributed by atoms with Gasteiger partial charge in [0, 0.05) is 12.0 Å². The van der Waals surface area contributed by atoms with E-state index in [2.05, 4.69) is 0 Å². The largest absolute Gasteiger partial charge is 0.294 e. The molecule has 2 aromatic carbocycles. The minimum atomic E-state index is -0.220. The van der Waals surface area contributed by atoms with E-state index >= 15 is 0 Å². The molecule has 0 aliphatic carbocycles. The Morgan fingerprint density at radius 3 is 1.94 bits per heavy atom. The molecule has 0 bridgehead atoms. The van der Waals surface area contributed by atoms with E-state index in [0.717, 1.165) is 23.1 Å². The third-order valence-electron chi connectivity index (χ3n) is 2.92. The highest BCUT2D eigenvalue weighted by Gasteiger charge is 2.03. The minimum absolute atomic E-state index is 0.156. The monoisotopic (exact) mass is 242 g/mol. The third kappa shape index (κ3) is 3.04. The Kier molecular flexibility index (Phi) is 3.88. The van der Waals surface area contributed by atoms with Crippen LogP contribution in [0.5, 0.6) is 0 Å². The van der Waals surface area contributed by atoms with Crippen LogP contribution in [0.3, 0.4) is 0 Å². The van der Waals surface area contributed by atoms with Gasteiger partial charge in [0.05, 0.1) is 0 Å². The van der Waals surface area contributed by atoms with Crippen LogP contribution in [0.4, 0.5) is 4.39 Å². The summed E-state index contributed by atoms with van der Waals surface area (Å²) in [5.41, 5.74) is 2.93. The fourth-order valence-corrected chi connectivity index (χ4v) is 1.85. The summed E-state index contributed by atoms with van der Waals surface area (Å²) in [7, 11) is 0. The van der Waals surface area contributed by atoms with Crippen molar-refractivity contribution in [3.8, 4) is 0 Å². The van der Waals surface area contributed by atoms with Crippen molar-refractivity contribution in [3.05, 3.63) is 71.0 Å². The molecule has 2 rings (SSSR count). The zero-order valence-corrected chi connectivity index (χ0v) is 10.3. The van der Waals surface area contributed by atoms with Crippen LogP contribution in [0.1, 0.15) is 34.8 Å². The molecule has 0 saturated heterocycles. The van der Waals surface area contributed by atoms with Crippen molar-refractivity contribution in [3.63, 3.8) is 0 Å². The number of hydrogen-bond acceptors (Lipinski definition) is 1. The van der Waals surface area contributed by atoms with Crippen molar-refractivity contribution in [2.45, 2.75) is 19.8 Å². The second-order valence-corrected chi connectivity index (χ2v) is 4.28. The second kappa shape index (κ2) is 5.58. The van der Waals surface area contributed by atoms with Gasteiger partial charge in [-0.2, -0.15) is 0 Å². The molecule has 1 nitrogen and oxygen atoms in total. The Morgan fingerprint density at radius 2 is 1.44 bits per heavy atom. The summed E-state index contributed by atoms with van der Waals surface area (Å²) in [5.74, 6) is -0.0639. The first kappa shape index (κ1) is 12.5. The normalized spacial score (nSPS) is 10.3. The molecule has 0 N–H and O–H groups in total. The lowest BCUT2D eigenvalue weighted by atomic mass is 10.0. The molecular weight excluding hydrogens is 227 g/mol. The number of carbonyl (C=O) groups is 1. The van der Waals surface area contributed by atoms with E-state index < -0.39 is 0 Å². The van der Waals surface area contributed by atoms with Gasteiger partial charge in [-0.25, -0.2) is 4.39 Å². The van der Waals surface area contributed by atoms with Crippen molar-refractivity contribution >= 4 is 5.78 Å². The van der Waals surface area contributed by atoms with Crippen molar-refractivity contribution in [1.29, 1.82) is 0 Å². The molecule has 0 spiro atoms. The van der Waals surface area contributed by atoms with Gasteiger partial charge in [-0.15, -0.1) is 0 Å². The molecule has 0 aliphatic rings. The van der Waals surface area contributed by atoms with Gasteiger partial charge in [0.25, 0.3) is 0 Å². The Labute approximate surface area is 106 Å². The van der Waals surface area contributed by atoms with E-state index in [1.165, 1.54) is 12.1 Å². The Bertz CT molecular complexity index is 526. The quantitative estimate of drug-likeness (QED) is 0.740. The van der Waals surface area contributed by atoms with Crippen LogP contribution < -0.4 is 0 Å². The van der Waals surface area contributed by atoms with Crippen LogP contribution in [-0.2, 0) is 6.42 Å². The first-order valence-corrected chi connectivity index (χ1v) is 6.05. The molecule has 0 aromatic heterocycles. The van der Waals surface area contributed by atoms with Crippen LogP contribution in [0.15, 0.2) is 48.5 Å². The van der Waals surface area contributed by atoms with Crippen molar-refractivity contribution in [2.24, 2.45) is 0 Å². The molecule has 2 aromatic rings. The lowest BCUT2D eigenvalue weighted by Crippen LogP contribution is -1.96. The van der Waals surface area contributed by atoms with Crippen molar-refractivity contribution in [2.75, 3.05) is 0 Å². The molecule has 0 amide bonds. The fraction of sp³-hybridized carbons (Fsp3) is 0.188. The SMILES string of the molecule is CCC(=O)c1ccc(Cc2ccc(F)cc2)cc1. The molecule has 0 aliphatic heterocycles.